The van der Waals surface area contributed by atoms with Gasteiger partial charge in [-0.05, 0) is 47.0 Å². The standard InChI is InChI=1S/C19H19BrN2O4S/c1-3-26-19(25)16-13-8-9-22(11(2)23)10-15(13)27-18(16)21-17(24)12-6-4-5-7-14(12)20/h4-7H,3,8-10H2,1-2H3,(H,21,24). The maximum atomic E-state index is 12.7. The highest BCUT2D eigenvalue weighted by Gasteiger charge is 2.30. The predicted molar refractivity (Wildman–Crippen MR) is 107 cm³/mol. The van der Waals surface area contributed by atoms with E-state index >= 15 is 0 Å². The monoisotopic (exact) mass is 450 g/mol. The number of nitrogens with zero attached hydrogens (tertiary/aromatic N) is 1. The first-order chi connectivity index (χ1) is 12.9. The highest BCUT2D eigenvalue weighted by atomic mass is 79.9. The summed E-state index contributed by atoms with van der Waals surface area (Å²) in [6.07, 6.45) is 0.560. The van der Waals surface area contributed by atoms with Gasteiger partial charge in [0.05, 0.1) is 24.3 Å². The average Bonchev–Trinajstić information content (AvgIpc) is 2.99. The van der Waals surface area contributed by atoms with Gasteiger partial charge in [-0.15, -0.1) is 11.3 Å². The highest BCUT2D eigenvalue weighted by Crippen LogP contribution is 2.38. The Kier molecular flexibility index (Phi) is 5.96. The summed E-state index contributed by atoms with van der Waals surface area (Å²) in [5.74, 6) is -0.769. The van der Waals surface area contributed by atoms with Crippen molar-refractivity contribution in [2.24, 2.45) is 0 Å². The molecule has 27 heavy (non-hydrogen) atoms. The van der Waals surface area contributed by atoms with Gasteiger partial charge in [-0.3, -0.25) is 9.59 Å². The summed E-state index contributed by atoms with van der Waals surface area (Å²) >= 11 is 4.69. The van der Waals surface area contributed by atoms with Gasteiger partial charge in [0.15, 0.2) is 0 Å². The van der Waals surface area contributed by atoms with Crippen molar-refractivity contribution in [2.45, 2.75) is 26.8 Å². The van der Waals surface area contributed by atoms with Gasteiger partial charge in [-0.25, -0.2) is 4.79 Å². The molecule has 142 valence electrons. The van der Waals surface area contributed by atoms with Crippen molar-refractivity contribution in [3.05, 3.63) is 50.3 Å². The van der Waals surface area contributed by atoms with E-state index in [4.69, 9.17) is 4.74 Å². The fourth-order valence-electron chi connectivity index (χ4n) is 3.00. The number of hydrogen-bond acceptors (Lipinski definition) is 5. The van der Waals surface area contributed by atoms with Crippen LogP contribution in [0.25, 0.3) is 0 Å². The third kappa shape index (κ3) is 4.06. The molecule has 2 aromatic rings. The zero-order chi connectivity index (χ0) is 19.6. The fourth-order valence-corrected chi connectivity index (χ4v) is 4.71. The molecule has 0 radical (unpaired) electrons. The first kappa shape index (κ1) is 19.6. The first-order valence-electron chi connectivity index (χ1n) is 8.55. The number of benzene rings is 1. The van der Waals surface area contributed by atoms with Crippen LogP contribution in [0, 0.1) is 0 Å². The molecule has 1 aliphatic heterocycles. The Bertz CT molecular complexity index is 909. The molecule has 0 fully saturated rings. The van der Waals surface area contributed by atoms with Gasteiger partial charge < -0.3 is 15.0 Å². The lowest BCUT2D eigenvalue weighted by Gasteiger charge is -2.25. The quantitative estimate of drug-likeness (QED) is 0.717. The molecular formula is C19H19BrN2O4S. The lowest BCUT2D eigenvalue weighted by atomic mass is 10.0. The predicted octanol–water partition coefficient (Wildman–Crippen LogP) is 3.84. The number of hydrogen-bond donors (Lipinski definition) is 1. The molecule has 1 aromatic heterocycles. The highest BCUT2D eigenvalue weighted by molar-refractivity contribution is 9.10. The molecule has 2 heterocycles. The number of ether oxygens (including phenoxy) is 1. The zero-order valence-corrected chi connectivity index (χ0v) is 17.4. The Hall–Kier alpha value is -2.19. The molecule has 0 unspecified atom stereocenters. The van der Waals surface area contributed by atoms with E-state index in [0.29, 0.717) is 40.1 Å². The van der Waals surface area contributed by atoms with Crippen LogP contribution < -0.4 is 5.32 Å². The molecule has 1 aromatic carbocycles. The second kappa shape index (κ2) is 8.22. The number of carbonyl (C=O) groups is 3. The molecule has 1 N–H and O–H groups in total. The Balaban J connectivity index is 1.97. The molecule has 0 atom stereocenters. The van der Waals surface area contributed by atoms with Gasteiger partial charge in [0.25, 0.3) is 5.91 Å². The second-order valence-corrected chi connectivity index (χ2v) is 8.01. The zero-order valence-electron chi connectivity index (χ0n) is 15.0. The van der Waals surface area contributed by atoms with Crippen LogP contribution in [0.4, 0.5) is 5.00 Å². The van der Waals surface area contributed by atoms with Crippen molar-refractivity contribution in [3.8, 4) is 0 Å². The van der Waals surface area contributed by atoms with Crippen LogP contribution >= 0.6 is 27.3 Å². The SMILES string of the molecule is CCOC(=O)c1c(NC(=O)c2ccccc2Br)sc2c1CCN(C(C)=O)C2. The maximum Gasteiger partial charge on any atom is 0.341 e. The smallest absolute Gasteiger partial charge is 0.341 e. The number of fused-ring (bicyclic) bond motifs is 1. The Morgan fingerprint density at radius 1 is 1.30 bits per heavy atom. The topological polar surface area (TPSA) is 75.7 Å². The molecule has 0 spiro atoms. The van der Waals surface area contributed by atoms with E-state index in [9.17, 15) is 14.4 Å². The molecule has 0 bridgehead atoms. The minimum absolute atomic E-state index is 0.00876. The molecular weight excluding hydrogens is 432 g/mol. The average molecular weight is 451 g/mol. The Morgan fingerprint density at radius 2 is 2.04 bits per heavy atom. The van der Waals surface area contributed by atoms with Crippen LogP contribution in [-0.2, 0) is 22.5 Å². The lowest BCUT2D eigenvalue weighted by molar-refractivity contribution is -0.129. The van der Waals surface area contributed by atoms with Gasteiger partial charge >= 0.3 is 5.97 Å². The summed E-state index contributed by atoms with van der Waals surface area (Å²) in [5, 5.41) is 3.32. The summed E-state index contributed by atoms with van der Waals surface area (Å²) in [6, 6.07) is 7.08. The minimum Gasteiger partial charge on any atom is -0.462 e. The number of amides is 2. The molecule has 2 amide bonds. The number of rotatable bonds is 4. The minimum atomic E-state index is -0.450. The number of halogens is 1. The van der Waals surface area contributed by atoms with E-state index in [-0.39, 0.29) is 18.4 Å². The van der Waals surface area contributed by atoms with Crippen molar-refractivity contribution in [3.63, 3.8) is 0 Å². The molecule has 0 aliphatic carbocycles. The molecule has 0 saturated heterocycles. The first-order valence-corrected chi connectivity index (χ1v) is 10.2. The number of thiophene rings is 1. The van der Waals surface area contributed by atoms with E-state index in [1.54, 1.807) is 30.0 Å². The van der Waals surface area contributed by atoms with Crippen LogP contribution in [-0.4, -0.2) is 35.8 Å². The van der Waals surface area contributed by atoms with Crippen molar-refractivity contribution >= 4 is 50.1 Å². The van der Waals surface area contributed by atoms with Crippen molar-refractivity contribution < 1.29 is 19.1 Å². The van der Waals surface area contributed by atoms with E-state index in [1.165, 1.54) is 18.3 Å². The number of anilines is 1. The van der Waals surface area contributed by atoms with Gasteiger partial charge in [-0.1, -0.05) is 12.1 Å². The third-order valence-electron chi connectivity index (χ3n) is 4.33. The second-order valence-electron chi connectivity index (χ2n) is 6.05. The summed E-state index contributed by atoms with van der Waals surface area (Å²) in [7, 11) is 0. The number of nitrogens with one attached hydrogen (secondary N) is 1. The van der Waals surface area contributed by atoms with Gasteiger partial charge in [0.2, 0.25) is 5.91 Å². The molecule has 8 heteroatoms. The van der Waals surface area contributed by atoms with E-state index in [1.807, 2.05) is 6.07 Å². The third-order valence-corrected chi connectivity index (χ3v) is 6.15. The van der Waals surface area contributed by atoms with Crippen molar-refractivity contribution in [1.29, 1.82) is 0 Å². The van der Waals surface area contributed by atoms with Crippen LogP contribution in [0.15, 0.2) is 28.7 Å². The van der Waals surface area contributed by atoms with Crippen LogP contribution in [0.5, 0.6) is 0 Å². The summed E-state index contributed by atoms with van der Waals surface area (Å²) in [5.41, 5.74) is 1.74. The Morgan fingerprint density at radius 3 is 2.70 bits per heavy atom. The van der Waals surface area contributed by atoms with Crippen molar-refractivity contribution in [1.82, 2.24) is 4.90 Å². The van der Waals surface area contributed by atoms with Gasteiger partial charge in [0, 0.05) is 22.8 Å². The van der Waals surface area contributed by atoms with Crippen molar-refractivity contribution in [2.75, 3.05) is 18.5 Å². The van der Waals surface area contributed by atoms with Crippen LogP contribution in [0.3, 0.4) is 0 Å². The number of carbonyl (C=O) groups excluding carboxylic acids is 3. The maximum absolute atomic E-state index is 12.7. The summed E-state index contributed by atoms with van der Waals surface area (Å²) < 4.78 is 5.88. The van der Waals surface area contributed by atoms with E-state index in [0.717, 1.165) is 10.4 Å². The fraction of sp³-hybridized carbons (Fsp3) is 0.316. The molecule has 6 nitrogen and oxygen atoms in total. The summed E-state index contributed by atoms with van der Waals surface area (Å²) in [4.78, 5) is 39.6. The normalized spacial score (nSPS) is 13.1. The summed E-state index contributed by atoms with van der Waals surface area (Å²) in [6.45, 7) is 4.50. The van der Waals surface area contributed by atoms with E-state index < -0.39 is 5.97 Å². The van der Waals surface area contributed by atoms with Gasteiger partial charge in [-0.2, -0.15) is 0 Å². The van der Waals surface area contributed by atoms with Crippen LogP contribution in [0.1, 0.15) is 45.0 Å². The largest absolute Gasteiger partial charge is 0.462 e. The van der Waals surface area contributed by atoms with E-state index in [2.05, 4.69) is 21.2 Å². The van der Waals surface area contributed by atoms with Crippen LogP contribution in [0.2, 0.25) is 0 Å². The molecule has 3 rings (SSSR count). The number of esters is 1. The Labute approximate surface area is 169 Å². The lowest BCUT2D eigenvalue weighted by Crippen LogP contribution is -2.34. The molecule has 1 aliphatic rings. The molecule has 0 saturated carbocycles. The van der Waals surface area contributed by atoms with Gasteiger partial charge in [0.1, 0.15) is 5.00 Å².